The average Bonchev–Trinajstić information content (AvgIpc) is 3.14. The minimum atomic E-state index is -1.75. The summed E-state index contributed by atoms with van der Waals surface area (Å²) in [6.45, 7) is 13.5. The van der Waals surface area contributed by atoms with Gasteiger partial charge in [0.05, 0.1) is 36.4 Å². The van der Waals surface area contributed by atoms with E-state index in [0.29, 0.717) is 38.5 Å². The standard InChI is InChI=1S/C42H68O15/c1-19-10-13-42(36(52)57-35-31(51)29(49)27(47)23(18-44)55-35)15-14-39(5)20(32(42)41(19,7)53)8-9-25-38(4)16-21(45)33(37(2,3)24(38)11-12-40(25,39)6)56-34-30(50)28(48)26(46)22(17-43)54-34/h8,19,21-35,43-51,53H,9-18H2,1-7H3. The Morgan fingerprint density at radius 1 is 0.754 bits per heavy atom. The SMILES string of the molecule is CC1CCC2(C(=O)OC3OC(CO)C(O)C(O)C3O)CCC3(C)C(=CCC4C5(C)CC(O)C(OC6OC(CO)C(O)C(O)C6O)C(C)(C)C5CCC43C)C2C1(C)O. The Balaban J connectivity index is 1.20. The summed E-state index contributed by atoms with van der Waals surface area (Å²) in [5.74, 6) is -1.32. The van der Waals surface area contributed by atoms with Crippen LogP contribution in [0.25, 0.3) is 0 Å². The van der Waals surface area contributed by atoms with Crippen molar-refractivity contribution in [3.63, 3.8) is 0 Å². The fraction of sp³-hybridized carbons (Fsp3) is 0.929. The molecule has 5 aliphatic carbocycles. The van der Waals surface area contributed by atoms with E-state index in [1.54, 1.807) is 6.92 Å². The summed E-state index contributed by atoms with van der Waals surface area (Å²) in [7, 11) is 0. The van der Waals surface area contributed by atoms with E-state index in [1.165, 1.54) is 0 Å². The van der Waals surface area contributed by atoms with Crippen molar-refractivity contribution in [1.29, 1.82) is 0 Å². The summed E-state index contributed by atoms with van der Waals surface area (Å²) in [5, 5.41) is 107. The van der Waals surface area contributed by atoms with E-state index in [-0.39, 0.29) is 23.2 Å². The highest BCUT2D eigenvalue weighted by molar-refractivity contribution is 5.79. The first-order valence-electron chi connectivity index (χ1n) is 21.1. The molecule has 326 valence electrons. The van der Waals surface area contributed by atoms with Crippen molar-refractivity contribution in [2.45, 2.75) is 179 Å². The second-order valence-corrected chi connectivity index (χ2v) is 20.5. The molecule has 15 nitrogen and oxygen atoms in total. The van der Waals surface area contributed by atoms with Crippen LogP contribution >= 0.6 is 0 Å². The van der Waals surface area contributed by atoms with Crippen molar-refractivity contribution in [2.24, 2.45) is 50.7 Å². The van der Waals surface area contributed by atoms with Crippen molar-refractivity contribution in [2.75, 3.05) is 13.2 Å². The molecule has 2 saturated heterocycles. The van der Waals surface area contributed by atoms with Gasteiger partial charge < -0.3 is 70.0 Å². The number of hydrogen-bond donors (Lipinski definition) is 10. The van der Waals surface area contributed by atoms with Gasteiger partial charge in [-0.1, -0.05) is 53.2 Å². The van der Waals surface area contributed by atoms with Crippen LogP contribution in [0.4, 0.5) is 0 Å². The molecule has 0 radical (unpaired) electrons. The van der Waals surface area contributed by atoms with Gasteiger partial charge in [0.25, 0.3) is 0 Å². The first-order valence-corrected chi connectivity index (χ1v) is 21.1. The smallest absolute Gasteiger partial charge is 0.315 e. The molecule has 6 fully saturated rings. The Kier molecular flexibility index (Phi) is 11.3. The van der Waals surface area contributed by atoms with Gasteiger partial charge in [0.1, 0.15) is 48.8 Å². The lowest BCUT2D eigenvalue weighted by Gasteiger charge is -2.72. The predicted molar refractivity (Wildman–Crippen MR) is 200 cm³/mol. The Hall–Kier alpha value is -1.31. The lowest BCUT2D eigenvalue weighted by molar-refractivity contribution is -0.341. The van der Waals surface area contributed by atoms with E-state index in [1.807, 2.05) is 6.92 Å². The van der Waals surface area contributed by atoms with Gasteiger partial charge in [0.15, 0.2) is 6.29 Å². The minimum absolute atomic E-state index is 0.0499. The molecule has 4 saturated carbocycles. The largest absolute Gasteiger partial charge is 0.432 e. The maximum atomic E-state index is 14.6. The summed E-state index contributed by atoms with van der Waals surface area (Å²) in [6, 6.07) is 0. The second-order valence-electron chi connectivity index (χ2n) is 20.5. The topological polar surface area (TPSA) is 256 Å². The van der Waals surface area contributed by atoms with Crippen LogP contribution in [0.5, 0.6) is 0 Å². The number of esters is 1. The van der Waals surface area contributed by atoms with Gasteiger partial charge in [0, 0.05) is 5.92 Å². The molecule has 10 N–H and O–H groups in total. The molecule has 7 rings (SSSR count). The van der Waals surface area contributed by atoms with Crippen molar-refractivity contribution in [1.82, 2.24) is 0 Å². The van der Waals surface area contributed by atoms with Gasteiger partial charge in [-0.25, -0.2) is 0 Å². The van der Waals surface area contributed by atoms with Gasteiger partial charge in [-0.05, 0) is 97.7 Å². The Morgan fingerprint density at radius 3 is 1.93 bits per heavy atom. The number of fused-ring (bicyclic) bond motifs is 7. The first-order chi connectivity index (χ1) is 26.5. The van der Waals surface area contributed by atoms with E-state index >= 15 is 0 Å². The summed E-state index contributed by atoms with van der Waals surface area (Å²) >= 11 is 0. The lowest BCUT2D eigenvalue weighted by Crippen LogP contribution is -2.70. The van der Waals surface area contributed by atoms with E-state index in [0.717, 1.165) is 18.4 Å². The van der Waals surface area contributed by atoms with Gasteiger partial charge in [-0.3, -0.25) is 4.79 Å². The maximum Gasteiger partial charge on any atom is 0.315 e. The van der Waals surface area contributed by atoms with E-state index in [4.69, 9.17) is 18.9 Å². The molecule has 2 heterocycles. The van der Waals surface area contributed by atoms with E-state index in [2.05, 4.69) is 40.7 Å². The maximum absolute atomic E-state index is 14.6. The van der Waals surface area contributed by atoms with Crippen LogP contribution in [0.2, 0.25) is 0 Å². The van der Waals surface area contributed by atoms with Gasteiger partial charge in [-0.2, -0.15) is 0 Å². The number of carbonyl (C=O) groups excluding carboxylic acids is 1. The summed E-state index contributed by atoms with van der Waals surface area (Å²) < 4.78 is 23.6. The molecule has 21 atom stereocenters. The van der Waals surface area contributed by atoms with E-state index < -0.39 is 126 Å². The van der Waals surface area contributed by atoms with Crippen LogP contribution in [0, 0.1) is 50.7 Å². The van der Waals surface area contributed by atoms with Gasteiger partial charge >= 0.3 is 5.97 Å². The number of rotatable bonds is 6. The molecule has 0 amide bonds. The number of carbonyl (C=O) groups is 1. The lowest BCUT2D eigenvalue weighted by atomic mass is 9.33. The fourth-order valence-electron chi connectivity index (χ4n) is 13.9. The molecule has 0 bridgehead atoms. The normalized spacial score (nSPS) is 56.0. The van der Waals surface area contributed by atoms with Crippen molar-refractivity contribution in [3.8, 4) is 0 Å². The summed E-state index contributed by atoms with van der Waals surface area (Å²) in [5.41, 5.74) is -3.32. The predicted octanol–water partition coefficient (Wildman–Crippen LogP) is 0.258. The highest BCUT2D eigenvalue weighted by Gasteiger charge is 2.72. The van der Waals surface area contributed by atoms with Crippen molar-refractivity contribution in [3.05, 3.63) is 11.6 Å². The molecular weight excluding hydrogens is 744 g/mol. The molecule has 21 unspecified atom stereocenters. The highest BCUT2D eigenvalue weighted by atomic mass is 16.7. The molecule has 0 spiro atoms. The zero-order valence-corrected chi connectivity index (χ0v) is 34.4. The van der Waals surface area contributed by atoms with Crippen molar-refractivity contribution < 1.29 is 74.8 Å². The monoisotopic (exact) mass is 812 g/mol. The molecule has 15 heteroatoms. The number of ether oxygens (including phenoxy) is 4. The quantitative estimate of drug-likeness (QED) is 0.0981. The zero-order valence-electron chi connectivity index (χ0n) is 34.4. The molecule has 2 aliphatic heterocycles. The third-order valence-electron chi connectivity index (χ3n) is 17.6. The summed E-state index contributed by atoms with van der Waals surface area (Å²) in [6.07, 6.45) is -10.2. The molecule has 0 aromatic rings. The fourth-order valence-corrected chi connectivity index (χ4v) is 13.9. The Bertz CT molecular complexity index is 1550. The molecule has 7 aliphatic rings. The van der Waals surface area contributed by atoms with Crippen LogP contribution in [0.15, 0.2) is 11.6 Å². The van der Waals surface area contributed by atoms with Gasteiger partial charge in [-0.15, -0.1) is 0 Å². The number of aliphatic hydroxyl groups is 10. The molecule has 57 heavy (non-hydrogen) atoms. The van der Waals surface area contributed by atoms with Crippen LogP contribution in [0.3, 0.4) is 0 Å². The third kappa shape index (κ3) is 6.18. The molecule has 0 aromatic heterocycles. The average molecular weight is 813 g/mol. The van der Waals surface area contributed by atoms with Crippen LogP contribution < -0.4 is 0 Å². The molecule has 0 aromatic carbocycles. The molecular formula is C42H68O15. The summed E-state index contributed by atoms with van der Waals surface area (Å²) in [4.78, 5) is 14.6. The van der Waals surface area contributed by atoms with Crippen LogP contribution in [-0.2, 0) is 23.7 Å². The third-order valence-corrected chi connectivity index (χ3v) is 17.6. The van der Waals surface area contributed by atoms with Gasteiger partial charge in [0.2, 0.25) is 6.29 Å². The number of allylic oxidation sites excluding steroid dienone is 1. The highest BCUT2D eigenvalue weighted by Crippen LogP contribution is 2.76. The second kappa shape index (κ2) is 14.7. The minimum Gasteiger partial charge on any atom is -0.432 e. The van der Waals surface area contributed by atoms with Crippen LogP contribution in [-0.4, -0.2) is 149 Å². The van der Waals surface area contributed by atoms with Crippen molar-refractivity contribution >= 4 is 5.97 Å². The Labute approximate surface area is 335 Å². The Morgan fingerprint density at radius 2 is 1.33 bits per heavy atom. The zero-order chi connectivity index (χ0) is 42.0. The van der Waals surface area contributed by atoms with E-state index in [9.17, 15) is 55.9 Å². The van der Waals surface area contributed by atoms with Crippen LogP contribution in [0.1, 0.15) is 99.8 Å². The number of aliphatic hydroxyl groups excluding tert-OH is 9. The number of hydrogen-bond acceptors (Lipinski definition) is 15. The first kappa shape index (κ1) is 43.8.